The highest BCUT2D eigenvalue weighted by molar-refractivity contribution is 8.93. The van der Waals surface area contributed by atoms with Gasteiger partial charge in [-0.05, 0) is 31.0 Å². The zero-order chi connectivity index (χ0) is 17.9. The lowest BCUT2D eigenvalue weighted by Gasteiger charge is -2.31. The van der Waals surface area contributed by atoms with Crippen molar-refractivity contribution in [3.05, 3.63) is 69.8 Å². The van der Waals surface area contributed by atoms with Crippen LogP contribution in [0.3, 0.4) is 0 Å². The van der Waals surface area contributed by atoms with E-state index >= 15 is 0 Å². The van der Waals surface area contributed by atoms with Crippen LogP contribution < -0.4 is 9.81 Å². The quantitative estimate of drug-likeness (QED) is 0.588. The molecule has 6 heteroatoms. The minimum atomic E-state index is 0. The molecule has 0 unspecified atom stereocenters. The molecule has 142 valence electrons. The molecular weight excluding hydrogens is 422 g/mol. The van der Waals surface area contributed by atoms with E-state index in [9.17, 15) is 0 Å². The fourth-order valence-electron chi connectivity index (χ4n) is 3.15. The molecule has 0 spiro atoms. The summed E-state index contributed by atoms with van der Waals surface area (Å²) in [5.41, 5.74) is 5.85. The minimum absolute atomic E-state index is 0. The van der Waals surface area contributed by atoms with Gasteiger partial charge in [-0.15, -0.1) is 28.3 Å². The van der Waals surface area contributed by atoms with E-state index in [4.69, 9.17) is 9.73 Å². The van der Waals surface area contributed by atoms with Crippen molar-refractivity contribution < 1.29 is 4.74 Å². The molecule has 0 atom stereocenters. The van der Waals surface area contributed by atoms with Crippen LogP contribution in [0.2, 0.25) is 0 Å². The third-order valence-corrected chi connectivity index (χ3v) is 5.42. The summed E-state index contributed by atoms with van der Waals surface area (Å²) >= 11 is 1.69. The topological polar surface area (TPSA) is 29.8 Å². The standard InChI is InChI=1S/C21H23N3OS.BrH/c1-16-8-9-17(2)19(14-16)22-21-24(23-10-12-25-13-11-23)20(15-26-21)18-6-4-3-5-7-18;/h3-9,14-15H,10-13H2,1-2H3;1H. The van der Waals surface area contributed by atoms with Gasteiger partial charge in [-0.3, -0.25) is 0 Å². The molecule has 1 aromatic heterocycles. The van der Waals surface area contributed by atoms with Crippen LogP contribution in [-0.4, -0.2) is 31.0 Å². The van der Waals surface area contributed by atoms with Crippen molar-refractivity contribution in [3.8, 4) is 11.3 Å². The molecule has 1 saturated heterocycles. The van der Waals surface area contributed by atoms with Gasteiger partial charge < -0.3 is 9.75 Å². The third-order valence-electron chi connectivity index (χ3n) is 4.61. The average molecular weight is 446 g/mol. The molecule has 0 amide bonds. The summed E-state index contributed by atoms with van der Waals surface area (Å²) in [5, 5.41) is 4.54. The maximum atomic E-state index is 5.55. The Morgan fingerprint density at radius 3 is 2.48 bits per heavy atom. The van der Waals surface area contributed by atoms with Crippen molar-refractivity contribution in [3.63, 3.8) is 0 Å². The molecule has 3 aromatic rings. The van der Waals surface area contributed by atoms with E-state index in [1.807, 2.05) is 0 Å². The SMILES string of the molecule is Br.Cc1ccc(C)c(N=c2scc(-c3ccccc3)n2N2CCOCC2)c1. The number of morpholine rings is 1. The molecule has 27 heavy (non-hydrogen) atoms. The molecule has 1 aliphatic heterocycles. The molecular formula is C21H24BrN3OS. The second kappa shape index (κ2) is 8.87. The Labute approximate surface area is 174 Å². The number of ether oxygens (including phenoxy) is 1. The number of aromatic nitrogens is 1. The number of benzene rings is 2. The average Bonchev–Trinajstić information content (AvgIpc) is 3.10. The van der Waals surface area contributed by atoms with E-state index in [-0.39, 0.29) is 17.0 Å². The molecule has 0 radical (unpaired) electrons. The summed E-state index contributed by atoms with van der Waals surface area (Å²) < 4.78 is 7.82. The summed E-state index contributed by atoms with van der Waals surface area (Å²) in [6.45, 7) is 7.47. The van der Waals surface area contributed by atoms with Crippen LogP contribution in [-0.2, 0) is 4.74 Å². The van der Waals surface area contributed by atoms with Gasteiger partial charge in [0.15, 0.2) is 0 Å². The lowest BCUT2D eigenvalue weighted by molar-refractivity contribution is 0.111. The van der Waals surface area contributed by atoms with Gasteiger partial charge in [0.2, 0.25) is 4.80 Å². The molecule has 0 bridgehead atoms. The normalized spacial score (nSPS) is 14.9. The maximum Gasteiger partial charge on any atom is 0.209 e. The number of rotatable bonds is 3. The number of halogens is 1. The molecule has 1 fully saturated rings. The second-order valence-electron chi connectivity index (χ2n) is 6.55. The van der Waals surface area contributed by atoms with Gasteiger partial charge in [-0.2, -0.15) is 0 Å². The molecule has 2 aromatic carbocycles. The van der Waals surface area contributed by atoms with Crippen LogP contribution in [0.25, 0.3) is 11.3 Å². The van der Waals surface area contributed by atoms with Gasteiger partial charge in [0.05, 0.1) is 37.7 Å². The Bertz CT molecular complexity index is 959. The number of nitrogens with zero attached hydrogens (tertiary/aromatic N) is 3. The highest BCUT2D eigenvalue weighted by atomic mass is 79.9. The highest BCUT2D eigenvalue weighted by Crippen LogP contribution is 2.23. The predicted octanol–water partition coefficient (Wildman–Crippen LogP) is 4.61. The van der Waals surface area contributed by atoms with E-state index in [1.165, 1.54) is 22.4 Å². The van der Waals surface area contributed by atoms with E-state index in [1.54, 1.807) is 11.3 Å². The summed E-state index contributed by atoms with van der Waals surface area (Å²) in [5.74, 6) is 0. The van der Waals surface area contributed by atoms with E-state index in [2.05, 4.69) is 77.4 Å². The van der Waals surface area contributed by atoms with Gasteiger partial charge in [0, 0.05) is 10.9 Å². The smallest absolute Gasteiger partial charge is 0.209 e. The Balaban J connectivity index is 0.00000210. The molecule has 0 aliphatic carbocycles. The monoisotopic (exact) mass is 445 g/mol. The van der Waals surface area contributed by atoms with Crippen LogP contribution in [0, 0.1) is 13.8 Å². The first-order valence-corrected chi connectivity index (χ1v) is 9.81. The zero-order valence-corrected chi connectivity index (χ0v) is 18.1. The first kappa shape index (κ1) is 19.9. The van der Waals surface area contributed by atoms with Crippen LogP contribution in [0.15, 0.2) is 58.9 Å². The lowest BCUT2D eigenvalue weighted by Crippen LogP contribution is -2.48. The molecule has 2 heterocycles. The van der Waals surface area contributed by atoms with Crippen molar-refractivity contribution in [1.29, 1.82) is 0 Å². The predicted molar refractivity (Wildman–Crippen MR) is 118 cm³/mol. The first-order valence-electron chi connectivity index (χ1n) is 8.93. The Morgan fingerprint density at radius 2 is 1.74 bits per heavy atom. The second-order valence-corrected chi connectivity index (χ2v) is 7.39. The van der Waals surface area contributed by atoms with Gasteiger partial charge in [0.25, 0.3) is 0 Å². The van der Waals surface area contributed by atoms with E-state index in [0.717, 1.165) is 36.8 Å². The van der Waals surface area contributed by atoms with Gasteiger partial charge >= 0.3 is 0 Å². The van der Waals surface area contributed by atoms with Crippen LogP contribution in [0.1, 0.15) is 11.1 Å². The zero-order valence-electron chi connectivity index (χ0n) is 15.6. The van der Waals surface area contributed by atoms with Crippen molar-refractivity contribution in [2.45, 2.75) is 13.8 Å². The van der Waals surface area contributed by atoms with Crippen LogP contribution >= 0.6 is 28.3 Å². The van der Waals surface area contributed by atoms with Crippen LogP contribution in [0.5, 0.6) is 0 Å². The van der Waals surface area contributed by atoms with E-state index < -0.39 is 0 Å². The summed E-state index contributed by atoms with van der Waals surface area (Å²) in [4.78, 5) is 6.02. The number of hydrogen-bond donors (Lipinski definition) is 0. The Morgan fingerprint density at radius 1 is 1.00 bits per heavy atom. The molecule has 0 saturated carbocycles. The van der Waals surface area contributed by atoms with Crippen LogP contribution in [0.4, 0.5) is 5.69 Å². The fourth-order valence-corrected chi connectivity index (χ4v) is 4.07. The van der Waals surface area contributed by atoms with Gasteiger partial charge in [-0.1, -0.05) is 42.5 Å². The van der Waals surface area contributed by atoms with E-state index in [0.29, 0.717) is 0 Å². The number of aryl methyl sites for hydroxylation is 2. The van der Waals surface area contributed by atoms with Gasteiger partial charge in [-0.25, -0.2) is 9.67 Å². The summed E-state index contributed by atoms with van der Waals surface area (Å²) in [7, 11) is 0. The van der Waals surface area contributed by atoms with Crippen molar-refractivity contribution in [2.75, 3.05) is 31.3 Å². The minimum Gasteiger partial charge on any atom is -0.378 e. The highest BCUT2D eigenvalue weighted by Gasteiger charge is 2.17. The van der Waals surface area contributed by atoms with Crippen molar-refractivity contribution in [1.82, 2.24) is 4.68 Å². The summed E-state index contributed by atoms with van der Waals surface area (Å²) in [6, 6.07) is 16.9. The van der Waals surface area contributed by atoms with Crippen molar-refractivity contribution >= 4 is 34.0 Å². The van der Waals surface area contributed by atoms with Gasteiger partial charge in [0.1, 0.15) is 0 Å². The number of hydrogen-bond acceptors (Lipinski definition) is 4. The fraction of sp³-hybridized carbons (Fsp3) is 0.286. The Hall–Kier alpha value is -1.89. The molecule has 4 nitrogen and oxygen atoms in total. The number of thiazole rings is 1. The first-order chi connectivity index (χ1) is 12.7. The maximum absolute atomic E-state index is 5.55. The van der Waals surface area contributed by atoms with Crippen molar-refractivity contribution in [2.24, 2.45) is 4.99 Å². The lowest BCUT2D eigenvalue weighted by atomic mass is 10.1. The Kier molecular flexibility index (Phi) is 6.52. The molecule has 1 aliphatic rings. The molecule has 0 N–H and O–H groups in total. The third kappa shape index (κ3) is 4.34. The molecule has 4 rings (SSSR count). The largest absolute Gasteiger partial charge is 0.378 e. The summed E-state index contributed by atoms with van der Waals surface area (Å²) in [6.07, 6.45) is 0.